The highest BCUT2D eigenvalue weighted by Crippen LogP contribution is 2.27. The largest absolute Gasteiger partial charge is 0.477 e. The number of hydrogen-bond acceptors (Lipinski definition) is 6. The van der Waals surface area contributed by atoms with Crippen LogP contribution in [0.15, 0.2) is 23.1 Å². The van der Waals surface area contributed by atoms with E-state index < -0.39 is 29.4 Å². The molecule has 0 aliphatic carbocycles. The predicted molar refractivity (Wildman–Crippen MR) is 57.8 cm³/mol. The van der Waals surface area contributed by atoms with Gasteiger partial charge in [0.15, 0.2) is 0 Å². The molecule has 0 radical (unpaired) electrons. The second-order valence-electron chi connectivity index (χ2n) is 3.54. The van der Waals surface area contributed by atoms with Crippen molar-refractivity contribution in [2.45, 2.75) is 12.7 Å². The van der Waals surface area contributed by atoms with Crippen LogP contribution in [-0.4, -0.2) is 26.0 Å². The van der Waals surface area contributed by atoms with Crippen molar-refractivity contribution in [2.24, 2.45) is 0 Å². The standard InChI is InChI=1S/C10H7F3N4O3/c11-10(12,13)9-16-3-5(8(18)19)7(17-9)15-4-6-14-1-2-20-6/h1-3H,4H2,(H,18,19)(H,15,16,17). The molecular formula is C10H7F3N4O3. The summed E-state index contributed by atoms with van der Waals surface area (Å²) in [6.07, 6.45) is -1.56. The van der Waals surface area contributed by atoms with Crippen LogP contribution in [0.3, 0.4) is 0 Å². The molecule has 0 spiro atoms. The summed E-state index contributed by atoms with van der Waals surface area (Å²) >= 11 is 0. The van der Waals surface area contributed by atoms with Gasteiger partial charge in [0.25, 0.3) is 0 Å². The third-order valence-electron chi connectivity index (χ3n) is 2.16. The van der Waals surface area contributed by atoms with Gasteiger partial charge in [-0.2, -0.15) is 13.2 Å². The lowest BCUT2D eigenvalue weighted by Gasteiger charge is -2.10. The Labute approximate surface area is 109 Å². The number of carboxylic acids is 1. The molecule has 0 aromatic carbocycles. The third-order valence-corrected chi connectivity index (χ3v) is 2.16. The Balaban J connectivity index is 2.29. The molecule has 2 N–H and O–H groups in total. The van der Waals surface area contributed by atoms with Gasteiger partial charge in [-0.05, 0) is 0 Å². The number of aromatic carboxylic acids is 1. The number of nitrogens with zero attached hydrogens (tertiary/aromatic N) is 3. The van der Waals surface area contributed by atoms with Crippen molar-refractivity contribution in [3.05, 3.63) is 35.9 Å². The molecule has 0 aliphatic heterocycles. The fourth-order valence-electron chi connectivity index (χ4n) is 1.31. The minimum atomic E-state index is -4.77. The van der Waals surface area contributed by atoms with Crippen LogP contribution in [0.4, 0.5) is 19.0 Å². The lowest BCUT2D eigenvalue weighted by molar-refractivity contribution is -0.144. The number of halogens is 3. The smallest absolute Gasteiger partial charge is 0.451 e. The Morgan fingerprint density at radius 2 is 2.15 bits per heavy atom. The van der Waals surface area contributed by atoms with Crippen molar-refractivity contribution >= 4 is 11.8 Å². The molecule has 0 saturated heterocycles. The lowest BCUT2D eigenvalue weighted by Crippen LogP contribution is -2.16. The number of nitrogens with one attached hydrogen (secondary N) is 1. The molecule has 106 valence electrons. The highest BCUT2D eigenvalue weighted by Gasteiger charge is 2.35. The van der Waals surface area contributed by atoms with Gasteiger partial charge in [0.1, 0.15) is 17.6 Å². The molecule has 0 saturated carbocycles. The Morgan fingerprint density at radius 1 is 1.40 bits per heavy atom. The maximum absolute atomic E-state index is 12.5. The minimum absolute atomic E-state index is 0.110. The fraction of sp³-hybridized carbons (Fsp3) is 0.200. The topological polar surface area (TPSA) is 101 Å². The molecule has 2 heterocycles. The average molecular weight is 288 g/mol. The van der Waals surface area contributed by atoms with Crippen LogP contribution in [0.5, 0.6) is 0 Å². The van der Waals surface area contributed by atoms with E-state index in [0.29, 0.717) is 6.20 Å². The normalized spacial score (nSPS) is 11.3. The molecule has 2 aromatic heterocycles. The summed E-state index contributed by atoms with van der Waals surface area (Å²) < 4.78 is 42.3. The van der Waals surface area contributed by atoms with Gasteiger partial charge in [0, 0.05) is 6.20 Å². The van der Waals surface area contributed by atoms with E-state index >= 15 is 0 Å². The Hall–Kier alpha value is -2.65. The van der Waals surface area contributed by atoms with E-state index in [1.54, 1.807) is 0 Å². The molecule has 0 atom stereocenters. The molecule has 0 aliphatic rings. The number of hydrogen-bond donors (Lipinski definition) is 2. The number of oxazole rings is 1. The number of anilines is 1. The summed E-state index contributed by atoms with van der Waals surface area (Å²) in [5, 5.41) is 11.3. The minimum Gasteiger partial charge on any atom is -0.477 e. The quantitative estimate of drug-likeness (QED) is 0.884. The first kappa shape index (κ1) is 13.8. The van der Waals surface area contributed by atoms with E-state index in [-0.39, 0.29) is 12.4 Å². The van der Waals surface area contributed by atoms with E-state index in [4.69, 9.17) is 9.52 Å². The zero-order valence-corrected chi connectivity index (χ0v) is 9.68. The van der Waals surface area contributed by atoms with Crippen LogP contribution in [0.2, 0.25) is 0 Å². The van der Waals surface area contributed by atoms with Crippen LogP contribution < -0.4 is 5.32 Å². The number of alkyl halides is 3. The molecule has 0 unspecified atom stereocenters. The highest BCUT2D eigenvalue weighted by atomic mass is 19.4. The Bertz CT molecular complexity index is 613. The first-order valence-corrected chi connectivity index (χ1v) is 5.17. The van der Waals surface area contributed by atoms with E-state index in [0.717, 1.165) is 0 Å². The second kappa shape index (κ2) is 5.15. The predicted octanol–water partition coefficient (Wildman–Crippen LogP) is 1.79. The van der Waals surface area contributed by atoms with Gasteiger partial charge in [-0.3, -0.25) is 0 Å². The maximum Gasteiger partial charge on any atom is 0.451 e. The van der Waals surface area contributed by atoms with E-state index in [9.17, 15) is 18.0 Å². The molecule has 0 bridgehead atoms. The second-order valence-corrected chi connectivity index (χ2v) is 3.54. The number of aromatic nitrogens is 3. The summed E-state index contributed by atoms with van der Waals surface area (Å²) in [6, 6.07) is 0. The molecule has 10 heteroatoms. The van der Waals surface area contributed by atoms with Gasteiger partial charge in [-0.15, -0.1) is 0 Å². The Kier molecular flexibility index (Phi) is 3.55. The summed E-state index contributed by atoms with van der Waals surface area (Å²) in [4.78, 5) is 20.8. The van der Waals surface area contributed by atoms with Crippen LogP contribution in [0, 0.1) is 0 Å². The van der Waals surface area contributed by atoms with E-state index in [1.807, 2.05) is 0 Å². The van der Waals surface area contributed by atoms with Crippen molar-refractivity contribution < 1.29 is 27.5 Å². The van der Waals surface area contributed by atoms with Crippen molar-refractivity contribution in [3.63, 3.8) is 0 Å². The van der Waals surface area contributed by atoms with Gasteiger partial charge in [-0.25, -0.2) is 19.7 Å². The average Bonchev–Trinajstić information content (AvgIpc) is 2.87. The van der Waals surface area contributed by atoms with Crippen molar-refractivity contribution in [2.75, 3.05) is 5.32 Å². The number of carbonyl (C=O) groups is 1. The van der Waals surface area contributed by atoms with Gasteiger partial charge < -0.3 is 14.8 Å². The van der Waals surface area contributed by atoms with Crippen LogP contribution in [0.1, 0.15) is 22.1 Å². The van der Waals surface area contributed by atoms with E-state index in [1.165, 1.54) is 12.5 Å². The van der Waals surface area contributed by atoms with Crippen LogP contribution >= 0.6 is 0 Å². The maximum atomic E-state index is 12.5. The molecule has 20 heavy (non-hydrogen) atoms. The van der Waals surface area contributed by atoms with Crippen molar-refractivity contribution in [3.8, 4) is 0 Å². The Morgan fingerprint density at radius 3 is 2.70 bits per heavy atom. The molecule has 2 rings (SSSR count). The molecule has 2 aromatic rings. The SMILES string of the molecule is O=C(O)c1cnc(C(F)(F)F)nc1NCc1ncco1. The molecular weight excluding hydrogens is 281 g/mol. The first-order valence-electron chi connectivity index (χ1n) is 5.17. The fourth-order valence-corrected chi connectivity index (χ4v) is 1.31. The molecule has 7 nitrogen and oxygen atoms in total. The van der Waals surface area contributed by atoms with Crippen molar-refractivity contribution in [1.82, 2.24) is 15.0 Å². The number of carboxylic acid groups (broad SMARTS) is 1. The zero-order chi connectivity index (χ0) is 14.8. The van der Waals surface area contributed by atoms with Crippen molar-refractivity contribution in [1.29, 1.82) is 0 Å². The highest BCUT2D eigenvalue weighted by molar-refractivity contribution is 5.92. The van der Waals surface area contributed by atoms with Gasteiger partial charge >= 0.3 is 12.1 Å². The molecule has 0 fully saturated rings. The van der Waals surface area contributed by atoms with Crippen LogP contribution in [0.25, 0.3) is 0 Å². The van der Waals surface area contributed by atoms with Crippen LogP contribution in [-0.2, 0) is 12.7 Å². The summed E-state index contributed by atoms with van der Waals surface area (Å²) in [7, 11) is 0. The third kappa shape index (κ3) is 3.02. The van der Waals surface area contributed by atoms with Gasteiger partial charge in [0.2, 0.25) is 11.7 Å². The zero-order valence-electron chi connectivity index (χ0n) is 9.68. The van der Waals surface area contributed by atoms with Gasteiger partial charge in [0.05, 0.1) is 12.7 Å². The molecule has 0 amide bonds. The van der Waals surface area contributed by atoms with Gasteiger partial charge in [-0.1, -0.05) is 0 Å². The monoisotopic (exact) mass is 288 g/mol. The van der Waals surface area contributed by atoms with E-state index in [2.05, 4.69) is 20.3 Å². The summed E-state index contributed by atoms with van der Waals surface area (Å²) in [5.41, 5.74) is -0.482. The summed E-state index contributed by atoms with van der Waals surface area (Å²) in [6.45, 7) is -0.110. The summed E-state index contributed by atoms with van der Waals surface area (Å²) in [5.74, 6) is -3.17. The number of rotatable bonds is 4. The first-order chi connectivity index (χ1) is 9.38. The lowest BCUT2D eigenvalue weighted by atomic mass is 10.3.